The average Bonchev–Trinajstić information content (AvgIpc) is 2.62. The minimum Gasteiger partial charge on any atom is -0.392 e. The number of anilines is 1. The molecule has 4 heteroatoms. The van der Waals surface area contributed by atoms with Gasteiger partial charge in [0.1, 0.15) is 5.82 Å². The molecule has 1 aromatic heterocycles. The predicted octanol–water partition coefficient (Wildman–Crippen LogP) is 5.22. The van der Waals surface area contributed by atoms with E-state index in [1.54, 1.807) is 6.20 Å². The van der Waals surface area contributed by atoms with Crippen molar-refractivity contribution in [3.05, 3.63) is 87.9 Å². The van der Waals surface area contributed by atoms with E-state index < -0.39 is 0 Å². The monoisotopic (exact) mass is 331 g/mol. The van der Waals surface area contributed by atoms with Crippen molar-refractivity contribution in [2.24, 2.45) is 0 Å². The Balaban J connectivity index is 2.00. The van der Waals surface area contributed by atoms with Gasteiger partial charge in [0.2, 0.25) is 5.69 Å². The summed E-state index contributed by atoms with van der Waals surface area (Å²) >= 11 is 6.45. The summed E-state index contributed by atoms with van der Waals surface area (Å²) in [6.07, 6.45) is 2.55. The first-order valence-corrected chi connectivity index (χ1v) is 8.07. The van der Waals surface area contributed by atoms with Crippen molar-refractivity contribution in [2.75, 3.05) is 5.73 Å². The Morgan fingerprint density at radius 3 is 2.54 bits per heavy atom. The van der Waals surface area contributed by atoms with Crippen molar-refractivity contribution < 1.29 is 0 Å². The van der Waals surface area contributed by atoms with Gasteiger partial charge in [-0.15, -0.1) is 0 Å². The summed E-state index contributed by atoms with van der Waals surface area (Å²) in [6, 6.07) is 16.1. The van der Waals surface area contributed by atoms with Crippen LogP contribution < -0.4 is 5.73 Å². The molecular formula is C20H14ClN3. The Morgan fingerprint density at radius 2 is 1.79 bits per heavy atom. The molecule has 1 aliphatic carbocycles. The first kappa shape index (κ1) is 14.7. The Hall–Kier alpha value is -2.83. The first-order valence-electron chi connectivity index (χ1n) is 7.69. The Kier molecular flexibility index (Phi) is 3.48. The van der Waals surface area contributed by atoms with Gasteiger partial charge in [-0.2, -0.15) is 0 Å². The van der Waals surface area contributed by atoms with E-state index in [0.717, 1.165) is 33.7 Å². The third kappa shape index (κ3) is 2.16. The van der Waals surface area contributed by atoms with Gasteiger partial charge in [-0.1, -0.05) is 54.1 Å². The predicted molar refractivity (Wildman–Crippen MR) is 97.3 cm³/mol. The van der Waals surface area contributed by atoms with E-state index in [1.165, 1.54) is 5.56 Å². The lowest BCUT2D eigenvalue weighted by Crippen LogP contribution is -2.14. The zero-order valence-corrected chi connectivity index (χ0v) is 13.6. The minimum atomic E-state index is 0.145. The highest BCUT2D eigenvalue weighted by molar-refractivity contribution is 6.31. The highest BCUT2D eigenvalue weighted by atomic mass is 35.5. The summed E-state index contributed by atoms with van der Waals surface area (Å²) in [4.78, 5) is 7.85. The van der Waals surface area contributed by atoms with Crippen LogP contribution in [-0.4, -0.2) is 4.98 Å². The summed E-state index contributed by atoms with van der Waals surface area (Å²) in [6.45, 7) is 7.50. The fraction of sp³-hybridized carbons (Fsp3) is 0.100. The molecule has 3 nitrogen and oxygen atoms in total. The van der Waals surface area contributed by atoms with Gasteiger partial charge in [-0.3, -0.25) is 4.98 Å². The lowest BCUT2D eigenvalue weighted by atomic mass is 9.76. The number of aromatic nitrogens is 1. The topological polar surface area (TPSA) is 43.3 Å². The zero-order valence-electron chi connectivity index (χ0n) is 12.8. The van der Waals surface area contributed by atoms with E-state index in [4.69, 9.17) is 23.9 Å². The molecule has 1 aliphatic rings. The molecule has 0 saturated carbocycles. The van der Waals surface area contributed by atoms with Crippen LogP contribution in [0.1, 0.15) is 22.6 Å². The average molecular weight is 332 g/mol. The summed E-state index contributed by atoms with van der Waals surface area (Å²) in [5, 5.41) is 0.759. The number of hydrogen-bond acceptors (Lipinski definition) is 2. The molecule has 0 fully saturated rings. The number of nitrogen functional groups attached to an aromatic ring is 1. The van der Waals surface area contributed by atoms with Gasteiger partial charge in [0.15, 0.2) is 0 Å². The molecule has 1 heterocycles. The Labute approximate surface area is 145 Å². The summed E-state index contributed by atoms with van der Waals surface area (Å²) < 4.78 is 0. The second-order valence-corrected chi connectivity index (χ2v) is 6.28. The van der Waals surface area contributed by atoms with Crippen LogP contribution in [0.5, 0.6) is 0 Å². The molecule has 2 aromatic carbocycles. The number of hydrogen-bond donors (Lipinski definition) is 1. The molecule has 0 aliphatic heterocycles. The van der Waals surface area contributed by atoms with Gasteiger partial charge in [-0.05, 0) is 40.3 Å². The van der Waals surface area contributed by atoms with Gasteiger partial charge in [-0.25, -0.2) is 4.85 Å². The summed E-state index contributed by atoms with van der Waals surface area (Å²) in [5.74, 6) is 0.432. The summed E-state index contributed by atoms with van der Waals surface area (Å²) in [7, 11) is 0. The van der Waals surface area contributed by atoms with Gasteiger partial charge >= 0.3 is 0 Å². The minimum absolute atomic E-state index is 0.145. The summed E-state index contributed by atoms with van der Waals surface area (Å²) in [5.41, 5.74) is 11.6. The third-order valence-electron chi connectivity index (χ3n) is 4.58. The van der Waals surface area contributed by atoms with E-state index in [-0.39, 0.29) is 11.7 Å². The quantitative estimate of drug-likeness (QED) is 0.621. The first-order chi connectivity index (χ1) is 11.7. The van der Waals surface area contributed by atoms with Crippen molar-refractivity contribution in [3.63, 3.8) is 0 Å². The van der Waals surface area contributed by atoms with E-state index >= 15 is 0 Å². The number of halogens is 1. The molecule has 3 aromatic rings. The molecule has 1 atom stereocenters. The fourth-order valence-electron chi connectivity index (χ4n) is 3.52. The van der Waals surface area contributed by atoms with Crippen molar-refractivity contribution in [2.45, 2.75) is 12.3 Å². The van der Waals surface area contributed by atoms with Crippen LogP contribution in [0.4, 0.5) is 11.5 Å². The highest BCUT2D eigenvalue weighted by Gasteiger charge is 2.29. The van der Waals surface area contributed by atoms with Crippen molar-refractivity contribution in [1.29, 1.82) is 0 Å². The van der Waals surface area contributed by atoms with Crippen molar-refractivity contribution in [3.8, 4) is 11.1 Å². The SMILES string of the molecule is [C-]#[N+]c1c(N)ncc2c1-c1ccccc1C(c1ccccc1Cl)C2. The highest BCUT2D eigenvalue weighted by Crippen LogP contribution is 2.48. The smallest absolute Gasteiger partial charge is 0.235 e. The number of benzene rings is 2. The zero-order chi connectivity index (χ0) is 16.7. The molecule has 0 saturated heterocycles. The van der Waals surface area contributed by atoms with Crippen LogP contribution in [-0.2, 0) is 6.42 Å². The number of pyridine rings is 1. The lowest BCUT2D eigenvalue weighted by Gasteiger charge is -2.29. The number of rotatable bonds is 1. The molecule has 24 heavy (non-hydrogen) atoms. The lowest BCUT2D eigenvalue weighted by molar-refractivity contribution is 0.791. The maximum Gasteiger partial charge on any atom is 0.235 e. The molecule has 116 valence electrons. The van der Waals surface area contributed by atoms with Crippen LogP contribution in [0.25, 0.3) is 16.0 Å². The van der Waals surface area contributed by atoms with Crippen LogP contribution in [0.2, 0.25) is 5.02 Å². The number of nitrogens with two attached hydrogens (primary N) is 1. The molecular weight excluding hydrogens is 318 g/mol. The molecule has 0 amide bonds. The van der Waals surface area contributed by atoms with Crippen LogP contribution in [0, 0.1) is 6.57 Å². The molecule has 1 unspecified atom stereocenters. The maximum atomic E-state index is 7.50. The fourth-order valence-corrected chi connectivity index (χ4v) is 3.78. The van der Waals surface area contributed by atoms with Crippen molar-refractivity contribution >= 4 is 23.1 Å². The molecule has 0 radical (unpaired) electrons. The van der Waals surface area contributed by atoms with Gasteiger partial charge in [0.05, 0.1) is 6.57 Å². The maximum absolute atomic E-state index is 7.50. The normalized spacial score (nSPS) is 15.2. The number of nitrogens with zero attached hydrogens (tertiary/aromatic N) is 2. The van der Waals surface area contributed by atoms with Gasteiger partial charge in [0, 0.05) is 17.1 Å². The van der Waals surface area contributed by atoms with Crippen molar-refractivity contribution in [1.82, 2.24) is 4.98 Å². The van der Waals surface area contributed by atoms with Crippen LogP contribution in [0.3, 0.4) is 0 Å². The van der Waals surface area contributed by atoms with Gasteiger partial charge < -0.3 is 5.73 Å². The molecule has 2 N–H and O–H groups in total. The second kappa shape index (κ2) is 5.67. The van der Waals surface area contributed by atoms with Crippen LogP contribution >= 0.6 is 11.6 Å². The van der Waals surface area contributed by atoms with E-state index in [0.29, 0.717) is 5.69 Å². The largest absolute Gasteiger partial charge is 0.392 e. The molecule has 4 rings (SSSR count). The molecule has 0 spiro atoms. The van der Waals surface area contributed by atoms with E-state index in [9.17, 15) is 0 Å². The number of fused-ring (bicyclic) bond motifs is 3. The van der Waals surface area contributed by atoms with E-state index in [2.05, 4.69) is 22.0 Å². The standard InChI is InChI=1S/C20H14ClN3/c1-23-19-18-12(11-24-20(19)22)10-16(13-6-2-3-8-15(13)18)14-7-4-5-9-17(14)21/h2-9,11,16H,10H2,(H2,22,24). The Morgan fingerprint density at radius 1 is 1.08 bits per heavy atom. The second-order valence-electron chi connectivity index (χ2n) is 5.87. The third-order valence-corrected chi connectivity index (χ3v) is 4.93. The Bertz CT molecular complexity index is 988. The molecule has 0 bridgehead atoms. The van der Waals surface area contributed by atoms with Gasteiger partial charge in [0.25, 0.3) is 0 Å². The van der Waals surface area contributed by atoms with Crippen LogP contribution in [0.15, 0.2) is 54.7 Å². The van der Waals surface area contributed by atoms with E-state index in [1.807, 2.05) is 36.4 Å².